The van der Waals surface area contributed by atoms with E-state index in [9.17, 15) is 0 Å². The molecule has 0 spiro atoms. The van der Waals surface area contributed by atoms with E-state index in [0.29, 0.717) is 0 Å². The summed E-state index contributed by atoms with van der Waals surface area (Å²) in [4.78, 5) is 0. The maximum atomic E-state index is 5.76. The zero-order chi connectivity index (χ0) is 12.8. The van der Waals surface area contributed by atoms with E-state index in [1.807, 2.05) is 13.8 Å². The summed E-state index contributed by atoms with van der Waals surface area (Å²) in [6.07, 6.45) is 7.00. The highest BCUT2D eigenvalue weighted by Crippen LogP contribution is 2.25. The van der Waals surface area contributed by atoms with E-state index in [1.54, 1.807) is 0 Å². The topological polar surface area (TPSA) is 36.9 Å². The van der Waals surface area contributed by atoms with Gasteiger partial charge in [-0.05, 0) is 52.4 Å². The molecule has 2 saturated heterocycles. The number of ether oxygens (including phenoxy) is 4. The molecule has 18 heavy (non-hydrogen) atoms. The maximum Gasteiger partial charge on any atom is 0.163 e. The molecule has 0 saturated carbocycles. The van der Waals surface area contributed by atoms with Crippen molar-refractivity contribution in [3.63, 3.8) is 0 Å². The first-order chi connectivity index (χ1) is 8.66. The first kappa shape index (κ1) is 14.3. The Morgan fingerprint density at radius 1 is 1.22 bits per heavy atom. The Morgan fingerprint density at radius 2 is 2.11 bits per heavy atom. The Balaban J connectivity index is 1.46. The van der Waals surface area contributed by atoms with E-state index < -0.39 is 5.79 Å². The minimum atomic E-state index is -0.392. The van der Waals surface area contributed by atoms with Crippen LogP contribution in [0.15, 0.2) is 0 Å². The molecule has 0 aromatic heterocycles. The standard InChI is InChI=1S/C14H26O4/c1-14(2)17-11-12(18-14)7-3-5-9-15-13-8-4-6-10-16-13/h12-13H,3-11H2,1-2H3. The van der Waals surface area contributed by atoms with E-state index in [0.717, 1.165) is 45.5 Å². The van der Waals surface area contributed by atoms with Crippen LogP contribution >= 0.6 is 0 Å². The predicted octanol–water partition coefficient (Wildman–Crippen LogP) is 2.85. The van der Waals surface area contributed by atoms with Crippen molar-refractivity contribution in [3.05, 3.63) is 0 Å². The monoisotopic (exact) mass is 258 g/mol. The first-order valence-corrected chi connectivity index (χ1v) is 7.21. The molecule has 4 nitrogen and oxygen atoms in total. The van der Waals surface area contributed by atoms with Crippen LogP contribution in [0.3, 0.4) is 0 Å². The zero-order valence-corrected chi connectivity index (χ0v) is 11.7. The highest BCUT2D eigenvalue weighted by atomic mass is 16.7. The molecule has 2 rings (SSSR count). The SMILES string of the molecule is CC1(C)OCC(CCCCOC2CCCCO2)O1. The van der Waals surface area contributed by atoms with Gasteiger partial charge in [0.05, 0.1) is 12.7 Å². The van der Waals surface area contributed by atoms with E-state index >= 15 is 0 Å². The minimum Gasteiger partial charge on any atom is -0.353 e. The second kappa shape index (κ2) is 6.85. The molecule has 0 radical (unpaired) electrons. The fourth-order valence-electron chi connectivity index (χ4n) is 2.44. The van der Waals surface area contributed by atoms with Crippen LogP contribution in [0, 0.1) is 0 Å². The second-order valence-electron chi connectivity index (χ2n) is 5.61. The summed E-state index contributed by atoms with van der Waals surface area (Å²) in [7, 11) is 0. The third-order valence-electron chi connectivity index (χ3n) is 3.43. The van der Waals surface area contributed by atoms with Crippen molar-refractivity contribution in [2.24, 2.45) is 0 Å². The van der Waals surface area contributed by atoms with Crippen LogP contribution in [0.1, 0.15) is 52.4 Å². The molecule has 2 unspecified atom stereocenters. The number of hydrogen-bond acceptors (Lipinski definition) is 4. The summed E-state index contributed by atoms with van der Waals surface area (Å²) in [5.41, 5.74) is 0. The predicted molar refractivity (Wildman–Crippen MR) is 68.3 cm³/mol. The molecular formula is C14H26O4. The van der Waals surface area contributed by atoms with Crippen LogP contribution < -0.4 is 0 Å². The lowest BCUT2D eigenvalue weighted by molar-refractivity contribution is -0.163. The average Bonchev–Trinajstić information content (AvgIpc) is 2.70. The highest BCUT2D eigenvalue weighted by Gasteiger charge is 2.31. The summed E-state index contributed by atoms with van der Waals surface area (Å²) >= 11 is 0. The minimum absolute atomic E-state index is 0.0451. The molecular weight excluding hydrogens is 232 g/mol. The third kappa shape index (κ3) is 4.84. The molecule has 0 aliphatic carbocycles. The van der Waals surface area contributed by atoms with Gasteiger partial charge in [-0.2, -0.15) is 0 Å². The Morgan fingerprint density at radius 3 is 2.78 bits per heavy atom. The fourth-order valence-corrected chi connectivity index (χ4v) is 2.44. The van der Waals surface area contributed by atoms with E-state index in [4.69, 9.17) is 18.9 Å². The lowest BCUT2D eigenvalue weighted by Gasteiger charge is -2.22. The van der Waals surface area contributed by atoms with Crippen molar-refractivity contribution in [2.75, 3.05) is 19.8 Å². The zero-order valence-electron chi connectivity index (χ0n) is 11.7. The third-order valence-corrected chi connectivity index (χ3v) is 3.43. The summed E-state index contributed by atoms with van der Waals surface area (Å²) in [5, 5.41) is 0. The van der Waals surface area contributed by atoms with E-state index in [2.05, 4.69) is 0 Å². The molecule has 2 fully saturated rings. The van der Waals surface area contributed by atoms with Crippen molar-refractivity contribution in [2.45, 2.75) is 70.6 Å². The molecule has 2 aliphatic heterocycles. The Hall–Kier alpha value is -0.160. The Bertz CT molecular complexity index is 236. The molecule has 4 heteroatoms. The van der Waals surface area contributed by atoms with Gasteiger partial charge in [0.1, 0.15) is 0 Å². The van der Waals surface area contributed by atoms with Crippen molar-refractivity contribution < 1.29 is 18.9 Å². The van der Waals surface area contributed by atoms with Gasteiger partial charge in [-0.25, -0.2) is 0 Å². The van der Waals surface area contributed by atoms with Crippen LogP contribution in [-0.2, 0) is 18.9 Å². The van der Waals surface area contributed by atoms with Gasteiger partial charge >= 0.3 is 0 Å². The van der Waals surface area contributed by atoms with Gasteiger partial charge in [0.25, 0.3) is 0 Å². The molecule has 0 aromatic rings. The quantitative estimate of drug-likeness (QED) is 0.686. The van der Waals surface area contributed by atoms with Crippen molar-refractivity contribution in [3.8, 4) is 0 Å². The molecule has 2 aliphatic rings. The largest absolute Gasteiger partial charge is 0.353 e. The maximum absolute atomic E-state index is 5.76. The van der Waals surface area contributed by atoms with Crippen LogP contribution in [0.5, 0.6) is 0 Å². The highest BCUT2D eigenvalue weighted by molar-refractivity contribution is 4.70. The normalized spacial score (nSPS) is 31.7. The lowest BCUT2D eigenvalue weighted by atomic mass is 10.1. The molecule has 106 valence electrons. The first-order valence-electron chi connectivity index (χ1n) is 7.21. The number of hydrogen-bond donors (Lipinski definition) is 0. The van der Waals surface area contributed by atoms with Gasteiger partial charge in [-0.3, -0.25) is 0 Å². The smallest absolute Gasteiger partial charge is 0.163 e. The van der Waals surface area contributed by atoms with Crippen LogP contribution in [0.25, 0.3) is 0 Å². The average molecular weight is 258 g/mol. The lowest BCUT2D eigenvalue weighted by Crippen LogP contribution is -2.23. The van der Waals surface area contributed by atoms with E-state index in [-0.39, 0.29) is 12.4 Å². The molecule has 0 amide bonds. The summed E-state index contributed by atoms with van der Waals surface area (Å²) in [5.74, 6) is -0.392. The van der Waals surface area contributed by atoms with Crippen molar-refractivity contribution in [1.29, 1.82) is 0 Å². The molecule has 2 atom stereocenters. The summed E-state index contributed by atoms with van der Waals surface area (Å²) in [6.45, 7) is 6.31. The second-order valence-corrected chi connectivity index (χ2v) is 5.61. The number of unbranched alkanes of at least 4 members (excludes halogenated alkanes) is 1. The molecule has 0 N–H and O–H groups in total. The van der Waals surface area contributed by atoms with Crippen LogP contribution in [-0.4, -0.2) is 38.0 Å². The van der Waals surface area contributed by atoms with Gasteiger partial charge in [0.15, 0.2) is 12.1 Å². The Labute approximate surface area is 110 Å². The molecule has 0 bridgehead atoms. The molecule has 2 heterocycles. The van der Waals surface area contributed by atoms with Crippen molar-refractivity contribution >= 4 is 0 Å². The molecule has 0 aromatic carbocycles. The van der Waals surface area contributed by atoms with Gasteiger partial charge in [0.2, 0.25) is 0 Å². The summed E-state index contributed by atoms with van der Waals surface area (Å²) < 4.78 is 22.5. The van der Waals surface area contributed by atoms with Crippen LogP contribution in [0.2, 0.25) is 0 Å². The Kier molecular flexibility index (Phi) is 5.42. The van der Waals surface area contributed by atoms with Gasteiger partial charge in [-0.15, -0.1) is 0 Å². The van der Waals surface area contributed by atoms with Crippen molar-refractivity contribution in [1.82, 2.24) is 0 Å². The fraction of sp³-hybridized carbons (Fsp3) is 1.00. The van der Waals surface area contributed by atoms with Gasteiger partial charge in [0, 0.05) is 13.2 Å². The van der Waals surface area contributed by atoms with Crippen LogP contribution in [0.4, 0.5) is 0 Å². The van der Waals surface area contributed by atoms with Gasteiger partial charge in [-0.1, -0.05) is 0 Å². The number of rotatable bonds is 6. The summed E-state index contributed by atoms with van der Waals surface area (Å²) in [6, 6.07) is 0. The van der Waals surface area contributed by atoms with Gasteiger partial charge < -0.3 is 18.9 Å². The van der Waals surface area contributed by atoms with E-state index in [1.165, 1.54) is 12.8 Å².